The molecule has 1 aliphatic rings. The molecular formula is C38H50N6O4S. The van der Waals surface area contributed by atoms with E-state index in [1.807, 2.05) is 88.4 Å². The quantitative estimate of drug-likeness (QED) is 0.149. The molecule has 49 heavy (non-hydrogen) atoms. The van der Waals surface area contributed by atoms with Crippen molar-refractivity contribution in [3.05, 3.63) is 95.7 Å². The van der Waals surface area contributed by atoms with Gasteiger partial charge in [0.2, 0.25) is 10.0 Å². The third kappa shape index (κ3) is 7.93. The molecule has 262 valence electrons. The fraction of sp³-hybridized carbons (Fsp3) is 0.447. The Morgan fingerprint density at radius 2 is 1.53 bits per heavy atom. The number of sulfonamides is 1. The van der Waals surface area contributed by atoms with Crippen LogP contribution in [0.3, 0.4) is 0 Å². The maximum atomic E-state index is 13.4. The Balaban J connectivity index is 1.65. The number of carbonyl (C=O) groups is 1. The summed E-state index contributed by atoms with van der Waals surface area (Å²) in [5.74, 6) is 2.08. The number of hydrogen-bond donors (Lipinski definition) is 2. The maximum Gasteiger partial charge on any atom is 0.408 e. The number of carboxylic acid groups (broad SMARTS) is 1. The monoisotopic (exact) mass is 686 g/mol. The lowest BCUT2D eigenvalue weighted by Crippen LogP contribution is -2.57. The summed E-state index contributed by atoms with van der Waals surface area (Å²) in [7, 11) is -2.15. The van der Waals surface area contributed by atoms with Gasteiger partial charge in [-0.2, -0.15) is 5.10 Å². The van der Waals surface area contributed by atoms with E-state index in [9.17, 15) is 18.3 Å². The van der Waals surface area contributed by atoms with E-state index in [-0.39, 0.29) is 0 Å². The highest BCUT2D eigenvalue weighted by Crippen LogP contribution is 2.41. The average Bonchev–Trinajstić information content (AvgIpc) is 3.50. The zero-order valence-corrected chi connectivity index (χ0v) is 30.7. The maximum absolute atomic E-state index is 13.4. The van der Waals surface area contributed by atoms with Gasteiger partial charge >= 0.3 is 6.09 Å². The van der Waals surface area contributed by atoms with E-state index >= 15 is 0 Å². The average molecular weight is 687 g/mol. The lowest BCUT2D eigenvalue weighted by Gasteiger charge is -2.46. The first kappa shape index (κ1) is 35.9. The van der Waals surface area contributed by atoms with Crippen molar-refractivity contribution in [1.82, 2.24) is 20.1 Å². The largest absolute Gasteiger partial charge is 0.465 e. The van der Waals surface area contributed by atoms with E-state index < -0.39 is 32.4 Å². The van der Waals surface area contributed by atoms with Gasteiger partial charge < -0.3 is 10.0 Å². The molecule has 2 aromatic carbocycles. The number of nitrogens with one attached hydrogen (secondary N) is 1. The fourth-order valence-electron chi connectivity index (χ4n) is 6.67. The van der Waals surface area contributed by atoms with Crippen molar-refractivity contribution in [2.45, 2.75) is 84.2 Å². The van der Waals surface area contributed by atoms with Gasteiger partial charge in [0.15, 0.2) is 0 Å². The van der Waals surface area contributed by atoms with E-state index in [1.165, 1.54) is 16.3 Å². The summed E-state index contributed by atoms with van der Waals surface area (Å²) >= 11 is 0. The van der Waals surface area contributed by atoms with Gasteiger partial charge in [0.1, 0.15) is 11.6 Å². The molecule has 1 fully saturated rings. The molecule has 2 aromatic heterocycles. The molecule has 11 heteroatoms. The number of anilines is 2. The van der Waals surface area contributed by atoms with Gasteiger partial charge in [-0.15, -0.1) is 0 Å². The fourth-order valence-corrected chi connectivity index (χ4v) is 7.66. The summed E-state index contributed by atoms with van der Waals surface area (Å²) in [4.78, 5) is 21.6. The second-order valence-electron chi connectivity index (χ2n) is 14.9. The molecule has 4 aromatic rings. The molecule has 2 heterocycles. The summed E-state index contributed by atoms with van der Waals surface area (Å²) in [6.45, 7) is 14.5. The summed E-state index contributed by atoms with van der Waals surface area (Å²) in [5.41, 5.74) is 2.22. The van der Waals surface area contributed by atoms with Crippen LogP contribution in [0.1, 0.15) is 71.7 Å². The molecule has 5 rings (SSSR count). The highest BCUT2D eigenvalue weighted by Gasteiger charge is 2.45. The van der Waals surface area contributed by atoms with Crippen LogP contribution in [0.4, 0.5) is 16.4 Å². The molecule has 0 radical (unpaired) electrons. The highest BCUT2D eigenvalue weighted by atomic mass is 32.2. The second kappa shape index (κ2) is 13.9. The molecule has 1 saturated carbocycles. The van der Waals surface area contributed by atoms with Gasteiger partial charge in [-0.05, 0) is 89.1 Å². The number of aromatic nitrogens is 3. The van der Waals surface area contributed by atoms with Crippen molar-refractivity contribution >= 4 is 27.8 Å². The molecule has 0 bridgehead atoms. The molecular weight excluding hydrogens is 637 g/mol. The second-order valence-corrected chi connectivity index (χ2v) is 17.4. The molecule has 2 unspecified atom stereocenters. The van der Waals surface area contributed by atoms with Crippen LogP contribution in [0.2, 0.25) is 0 Å². The lowest BCUT2D eigenvalue weighted by molar-refractivity contribution is 0.0197. The Bertz CT molecular complexity index is 1860. The SMILES string of the molecule is CC1CC1CN(Cc1ccccc1)c1cc(-c2cc([C@@](C)(Cc3ccccc3)N(C(=O)O)C(C)(C)C)[nH]n2)cc(N(C)S(=O)(=O)C(C)C)n1. The van der Waals surface area contributed by atoms with E-state index in [1.54, 1.807) is 19.9 Å². The predicted octanol–water partition coefficient (Wildman–Crippen LogP) is 7.55. The lowest BCUT2D eigenvalue weighted by atomic mass is 9.84. The van der Waals surface area contributed by atoms with Crippen molar-refractivity contribution in [2.75, 3.05) is 22.8 Å². The number of hydrogen-bond acceptors (Lipinski definition) is 6. The van der Waals surface area contributed by atoms with Crippen LogP contribution in [0.5, 0.6) is 0 Å². The summed E-state index contributed by atoms with van der Waals surface area (Å²) in [5, 5.41) is 17.8. The summed E-state index contributed by atoms with van der Waals surface area (Å²) < 4.78 is 28.1. The Morgan fingerprint density at radius 1 is 0.959 bits per heavy atom. The standard InChI is InChI=1S/C38H50N6O4S/c1-26(2)49(47,48)42(8)34-20-30(21-35(39-34)43(25-31-19-27(31)3)24-29-17-13-10-14-18-29)32-22-33(41-40-32)38(7,23-28-15-11-9-12-16-28)44(36(45)46)37(4,5)6/h9-18,20-22,26-27,31H,19,23-25H2,1-8H3,(H,40,41)(H,45,46)/t27?,31?,38-/m1/s1. The van der Waals surface area contributed by atoms with Crippen molar-refractivity contribution in [3.8, 4) is 11.3 Å². The third-order valence-corrected chi connectivity index (χ3v) is 11.7. The normalized spacial score (nSPS) is 17.4. The summed E-state index contributed by atoms with van der Waals surface area (Å²) in [6, 6.07) is 25.6. The van der Waals surface area contributed by atoms with E-state index in [2.05, 4.69) is 29.1 Å². The van der Waals surface area contributed by atoms with Crippen molar-refractivity contribution in [2.24, 2.45) is 11.8 Å². The first-order chi connectivity index (χ1) is 23.0. The van der Waals surface area contributed by atoms with Gasteiger partial charge in [0, 0.05) is 37.7 Å². The minimum absolute atomic E-state index is 0.293. The molecule has 10 nitrogen and oxygen atoms in total. The number of pyridine rings is 1. The van der Waals surface area contributed by atoms with Crippen molar-refractivity contribution < 1.29 is 18.3 Å². The number of amides is 1. The zero-order chi connectivity index (χ0) is 35.7. The predicted molar refractivity (Wildman–Crippen MR) is 196 cm³/mol. The minimum atomic E-state index is -3.69. The number of H-pyrrole nitrogens is 1. The molecule has 0 spiro atoms. The molecule has 1 amide bonds. The number of benzene rings is 2. The van der Waals surface area contributed by atoms with Gasteiger partial charge in [-0.3, -0.25) is 14.3 Å². The van der Waals surface area contributed by atoms with Crippen molar-refractivity contribution in [1.29, 1.82) is 0 Å². The number of rotatable bonds is 13. The van der Waals surface area contributed by atoms with E-state index in [4.69, 9.17) is 10.1 Å². The van der Waals surface area contributed by atoms with E-state index in [0.29, 0.717) is 53.4 Å². The van der Waals surface area contributed by atoms with Crippen LogP contribution in [-0.2, 0) is 28.5 Å². The van der Waals surface area contributed by atoms with Crippen LogP contribution < -0.4 is 9.21 Å². The van der Waals surface area contributed by atoms with Gasteiger partial charge in [0.25, 0.3) is 0 Å². The van der Waals surface area contributed by atoms with Gasteiger partial charge in [0.05, 0.1) is 22.2 Å². The Labute approximate surface area is 291 Å². The Kier molecular flexibility index (Phi) is 10.2. The van der Waals surface area contributed by atoms with Crippen LogP contribution >= 0.6 is 0 Å². The van der Waals surface area contributed by atoms with Gasteiger partial charge in [-0.25, -0.2) is 18.2 Å². The molecule has 0 aliphatic heterocycles. The van der Waals surface area contributed by atoms with E-state index in [0.717, 1.165) is 24.1 Å². The number of nitrogens with zero attached hydrogens (tertiary/aromatic N) is 5. The first-order valence-corrected chi connectivity index (χ1v) is 18.4. The van der Waals surface area contributed by atoms with Crippen LogP contribution in [-0.4, -0.2) is 64.1 Å². The van der Waals surface area contributed by atoms with Crippen LogP contribution in [0.15, 0.2) is 78.9 Å². The summed E-state index contributed by atoms with van der Waals surface area (Å²) in [6.07, 6.45) is 0.504. The zero-order valence-electron chi connectivity index (χ0n) is 29.9. The Hall–Kier alpha value is -4.38. The molecule has 2 N–H and O–H groups in total. The third-order valence-electron chi connectivity index (χ3n) is 9.57. The minimum Gasteiger partial charge on any atom is -0.465 e. The molecule has 0 saturated heterocycles. The topological polar surface area (TPSA) is 123 Å². The number of aromatic amines is 1. The Morgan fingerprint density at radius 3 is 2.06 bits per heavy atom. The molecule has 1 aliphatic carbocycles. The van der Waals surface area contributed by atoms with Crippen LogP contribution in [0, 0.1) is 11.8 Å². The van der Waals surface area contributed by atoms with Gasteiger partial charge in [-0.1, -0.05) is 67.6 Å². The first-order valence-electron chi connectivity index (χ1n) is 16.9. The highest BCUT2D eigenvalue weighted by molar-refractivity contribution is 7.93. The smallest absolute Gasteiger partial charge is 0.408 e. The molecule has 3 atom stereocenters. The van der Waals surface area contributed by atoms with Crippen molar-refractivity contribution in [3.63, 3.8) is 0 Å². The van der Waals surface area contributed by atoms with Crippen LogP contribution in [0.25, 0.3) is 11.3 Å².